The zero-order valence-corrected chi connectivity index (χ0v) is 16.4. The first-order valence-electron chi connectivity index (χ1n) is 9.04. The number of aliphatic hydroxyl groups is 2. The maximum Gasteiger partial charge on any atom is 0.242 e. The van der Waals surface area contributed by atoms with E-state index in [1.807, 2.05) is 0 Å². The highest BCUT2D eigenvalue weighted by molar-refractivity contribution is 5.89. The zero-order chi connectivity index (χ0) is 21.2. The van der Waals surface area contributed by atoms with Gasteiger partial charge in [0.15, 0.2) is 0 Å². The summed E-state index contributed by atoms with van der Waals surface area (Å²) in [5, 5.41) is 24.9. The monoisotopic (exact) mass is 390 g/mol. The molecular weight excluding hydrogens is 356 g/mol. The van der Waals surface area contributed by atoms with Gasteiger partial charge in [0, 0.05) is 6.42 Å². The fourth-order valence-corrected chi connectivity index (χ4v) is 1.92. The fourth-order valence-electron chi connectivity index (χ4n) is 1.92. The second-order valence-electron chi connectivity index (χ2n) is 5.83. The van der Waals surface area contributed by atoms with Crippen LogP contribution in [0.4, 0.5) is 0 Å². The molecule has 0 saturated carbocycles. The molecule has 3 unspecified atom stereocenters. The maximum atomic E-state index is 11.7. The lowest BCUT2D eigenvalue weighted by Gasteiger charge is -2.19. The van der Waals surface area contributed by atoms with Crippen molar-refractivity contribution in [3.05, 3.63) is 0 Å². The van der Waals surface area contributed by atoms with E-state index in [2.05, 4.69) is 22.9 Å². The van der Waals surface area contributed by atoms with Crippen molar-refractivity contribution < 1.29 is 29.4 Å². The maximum absolute atomic E-state index is 11.7. The summed E-state index contributed by atoms with van der Waals surface area (Å²) < 4.78 is 0. The van der Waals surface area contributed by atoms with E-state index in [0.717, 1.165) is 19.3 Å². The molecule has 0 aromatic heterocycles. The van der Waals surface area contributed by atoms with E-state index in [0.29, 0.717) is 19.1 Å². The van der Waals surface area contributed by atoms with E-state index >= 15 is 0 Å². The average Bonchev–Trinajstić information content (AvgIpc) is 2.67. The Balaban J connectivity index is 0. The van der Waals surface area contributed by atoms with Crippen molar-refractivity contribution in [1.29, 1.82) is 0 Å². The average molecular weight is 390 g/mol. The molecule has 0 radical (unpaired) electrons. The van der Waals surface area contributed by atoms with Crippen LogP contribution in [0.5, 0.6) is 0 Å². The van der Waals surface area contributed by atoms with Crippen molar-refractivity contribution in [2.75, 3.05) is 20.3 Å². The van der Waals surface area contributed by atoms with Crippen molar-refractivity contribution in [2.45, 2.75) is 64.1 Å². The van der Waals surface area contributed by atoms with Crippen LogP contribution in [0.25, 0.3) is 0 Å². The summed E-state index contributed by atoms with van der Waals surface area (Å²) in [4.78, 5) is 43.2. The third-order valence-corrected chi connectivity index (χ3v) is 3.63. The molecule has 3 atom stereocenters. The molecule has 0 aliphatic carbocycles. The van der Waals surface area contributed by atoms with Crippen LogP contribution in [0.15, 0.2) is 0 Å². The second kappa shape index (κ2) is 17.4. The molecule has 3 amide bonds. The molecule has 0 bridgehead atoms. The first-order chi connectivity index (χ1) is 12.8. The first kappa shape index (κ1) is 27.2. The second-order valence-corrected chi connectivity index (χ2v) is 5.83. The lowest BCUT2D eigenvalue weighted by atomic mass is 10.1. The van der Waals surface area contributed by atoms with Gasteiger partial charge in [-0.1, -0.05) is 33.1 Å². The molecule has 0 saturated heterocycles. The van der Waals surface area contributed by atoms with Gasteiger partial charge in [-0.15, -0.1) is 0 Å². The number of aldehydes is 1. The van der Waals surface area contributed by atoms with Gasteiger partial charge in [0.25, 0.3) is 0 Å². The molecule has 27 heavy (non-hydrogen) atoms. The number of unbranched alkanes of at least 4 members (excludes halogenated alkanes) is 2. The first-order valence-corrected chi connectivity index (χ1v) is 9.04. The summed E-state index contributed by atoms with van der Waals surface area (Å²) in [7, 11) is 1.69. The number of hydrogen-bond acceptors (Lipinski definition) is 7. The highest BCUT2D eigenvalue weighted by atomic mass is 16.3. The molecule has 10 nitrogen and oxygen atoms in total. The predicted molar refractivity (Wildman–Crippen MR) is 101 cm³/mol. The molecule has 158 valence electrons. The van der Waals surface area contributed by atoms with Gasteiger partial charge in [-0.3, -0.25) is 14.4 Å². The summed E-state index contributed by atoms with van der Waals surface area (Å²) in [6.07, 6.45) is 4.62. The van der Waals surface area contributed by atoms with Crippen LogP contribution >= 0.6 is 0 Å². The van der Waals surface area contributed by atoms with Crippen LogP contribution in [0.3, 0.4) is 0 Å². The van der Waals surface area contributed by atoms with Crippen LogP contribution in [0.2, 0.25) is 0 Å². The Morgan fingerprint density at radius 3 is 2.04 bits per heavy atom. The Kier molecular flexibility index (Phi) is 17.5. The third-order valence-electron chi connectivity index (χ3n) is 3.63. The van der Waals surface area contributed by atoms with Crippen molar-refractivity contribution in [2.24, 2.45) is 5.73 Å². The lowest BCUT2D eigenvalue weighted by molar-refractivity contribution is -0.129. The highest BCUT2D eigenvalue weighted by Gasteiger charge is 2.22. The highest BCUT2D eigenvalue weighted by Crippen LogP contribution is 2.03. The minimum Gasteiger partial charge on any atom is -0.394 e. The van der Waals surface area contributed by atoms with Gasteiger partial charge >= 0.3 is 0 Å². The Hall–Kier alpha value is -2.04. The molecule has 7 N–H and O–H groups in total. The van der Waals surface area contributed by atoms with Gasteiger partial charge in [0.05, 0.1) is 19.3 Å². The number of carbonyl (C=O) groups is 4. The number of aliphatic hydroxyl groups excluding tert-OH is 2. The van der Waals surface area contributed by atoms with Gasteiger partial charge in [0.1, 0.15) is 18.4 Å². The number of amides is 3. The Labute approximate surface area is 160 Å². The van der Waals surface area contributed by atoms with Crippen LogP contribution < -0.4 is 21.7 Å². The van der Waals surface area contributed by atoms with Crippen molar-refractivity contribution in [3.8, 4) is 0 Å². The molecule has 0 aromatic carbocycles. The largest absolute Gasteiger partial charge is 0.394 e. The molecule has 0 aliphatic heterocycles. The number of nitrogens with one attached hydrogen (secondary N) is 3. The molecule has 0 heterocycles. The van der Waals surface area contributed by atoms with E-state index in [9.17, 15) is 19.2 Å². The van der Waals surface area contributed by atoms with Crippen LogP contribution in [0.1, 0.15) is 46.0 Å². The molecule has 0 spiro atoms. The number of rotatable bonds is 13. The summed E-state index contributed by atoms with van der Waals surface area (Å²) in [5.74, 6) is -1.27. The minimum absolute atomic E-state index is 0.230. The predicted octanol–water partition coefficient (Wildman–Crippen LogP) is -1.81. The summed E-state index contributed by atoms with van der Waals surface area (Å²) in [6, 6.07) is -2.10. The number of likely N-dealkylation sites (N-methyl/N-ethyl adjacent to an activating group) is 1. The standard InChI is InChI=1S/C11H23N3O3.C6H11NO3/c1-3-4-5-6-8(13-2)11(17)14-9(7-15)10(12)16;1-2-6(10)7-5(3-8)4-9/h8-9,13,15H,3-7H2,1-2H3,(H2,12,16)(H,14,17);3,5,9H,2,4H2,1H3,(H,7,10). The normalized spacial score (nSPS) is 13.4. The van der Waals surface area contributed by atoms with Crippen molar-refractivity contribution >= 4 is 24.0 Å². The SMILES string of the molecule is CCC(=O)NC(C=O)CO.CCCCCC(NC)C(=O)NC(CO)C(N)=O. The van der Waals surface area contributed by atoms with E-state index < -0.39 is 24.6 Å². The topological polar surface area (TPSA) is 171 Å². The smallest absolute Gasteiger partial charge is 0.242 e. The third kappa shape index (κ3) is 13.8. The molecule has 0 aliphatic rings. The Bertz CT molecular complexity index is 447. The molecule has 10 heteroatoms. The fraction of sp³-hybridized carbons (Fsp3) is 0.765. The van der Waals surface area contributed by atoms with Crippen LogP contribution in [-0.4, -0.2) is 72.6 Å². The van der Waals surface area contributed by atoms with E-state index in [1.165, 1.54) is 0 Å². The summed E-state index contributed by atoms with van der Waals surface area (Å²) in [6.45, 7) is 2.94. The number of hydrogen-bond donors (Lipinski definition) is 6. The minimum atomic E-state index is -1.01. The number of nitrogens with two attached hydrogens (primary N) is 1. The van der Waals surface area contributed by atoms with Gasteiger partial charge in [-0.05, 0) is 13.5 Å². The number of primary amides is 1. The molecular formula is C17H34N4O6. The Morgan fingerprint density at radius 1 is 1.04 bits per heavy atom. The quantitative estimate of drug-likeness (QED) is 0.159. The van der Waals surface area contributed by atoms with Crippen LogP contribution in [0, 0.1) is 0 Å². The summed E-state index contributed by atoms with van der Waals surface area (Å²) >= 11 is 0. The molecule has 0 fully saturated rings. The van der Waals surface area contributed by atoms with Gasteiger partial charge < -0.3 is 36.7 Å². The van der Waals surface area contributed by atoms with E-state index in [-0.39, 0.29) is 24.5 Å². The van der Waals surface area contributed by atoms with Gasteiger partial charge in [-0.25, -0.2) is 0 Å². The molecule has 0 aromatic rings. The van der Waals surface area contributed by atoms with Crippen molar-refractivity contribution in [1.82, 2.24) is 16.0 Å². The Morgan fingerprint density at radius 2 is 1.67 bits per heavy atom. The van der Waals surface area contributed by atoms with Gasteiger partial charge in [0.2, 0.25) is 17.7 Å². The zero-order valence-electron chi connectivity index (χ0n) is 16.4. The van der Waals surface area contributed by atoms with E-state index in [1.54, 1.807) is 14.0 Å². The summed E-state index contributed by atoms with van der Waals surface area (Å²) in [5.41, 5.74) is 5.02. The lowest BCUT2D eigenvalue weighted by Crippen LogP contribution is -2.52. The molecule has 0 rings (SSSR count). The van der Waals surface area contributed by atoms with Crippen LogP contribution in [-0.2, 0) is 19.2 Å². The van der Waals surface area contributed by atoms with Gasteiger partial charge in [-0.2, -0.15) is 0 Å². The van der Waals surface area contributed by atoms with E-state index in [4.69, 9.17) is 15.9 Å². The van der Waals surface area contributed by atoms with Crippen molar-refractivity contribution in [3.63, 3.8) is 0 Å². The number of carbonyl (C=O) groups excluding carboxylic acids is 4.